The number of para-hydroxylation sites is 2. The second-order valence-corrected chi connectivity index (χ2v) is 9.03. The number of thioether (sulfide) groups is 1. The maximum atomic E-state index is 12.3. The van der Waals surface area contributed by atoms with Crippen molar-refractivity contribution in [1.82, 2.24) is 15.2 Å². The highest BCUT2D eigenvalue weighted by Crippen LogP contribution is 2.66. The van der Waals surface area contributed by atoms with Gasteiger partial charge in [0.1, 0.15) is 5.69 Å². The zero-order valence-corrected chi connectivity index (χ0v) is 16.7. The maximum absolute atomic E-state index is 12.3. The lowest BCUT2D eigenvalue weighted by Crippen LogP contribution is -2.32. The van der Waals surface area contributed by atoms with Gasteiger partial charge in [0.05, 0.1) is 22.1 Å². The van der Waals surface area contributed by atoms with E-state index in [-0.39, 0.29) is 33.9 Å². The van der Waals surface area contributed by atoms with Gasteiger partial charge < -0.3 is 5.32 Å². The molecule has 2 aliphatic rings. The summed E-state index contributed by atoms with van der Waals surface area (Å²) in [4.78, 5) is 27.5. The summed E-state index contributed by atoms with van der Waals surface area (Å²) in [5.41, 5.74) is 2.12. The van der Waals surface area contributed by atoms with E-state index in [1.165, 1.54) is 23.9 Å². The van der Waals surface area contributed by atoms with E-state index in [2.05, 4.69) is 36.3 Å². The van der Waals surface area contributed by atoms with Gasteiger partial charge in [-0.3, -0.25) is 14.9 Å². The van der Waals surface area contributed by atoms with E-state index in [1.54, 1.807) is 12.1 Å². The summed E-state index contributed by atoms with van der Waals surface area (Å²) in [6.45, 7) is 6.77. The van der Waals surface area contributed by atoms with Crippen LogP contribution in [0.3, 0.4) is 0 Å². The summed E-state index contributed by atoms with van der Waals surface area (Å²) in [6.07, 6.45) is 2.19. The minimum atomic E-state index is -0.520. The van der Waals surface area contributed by atoms with E-state index in [0.29, 0.717) is 11.1 Å². The third-order valence-electron chi connectivity index (χ3n) is 6.48. The van der Waals surface area contributed by atoms with E-state index in [1.807, 2.05) is 0 Å². The van der Waals surface area contributed by atoms with Crippen LogP contribution >= 0.6 is 11.8 Å². The van der Waals surface area contributed by atoms with Crippen LogP contribution < -0.4 is 5.32 Å². The van der Waals surface area contributed by atoms with Gasteiger partial charge in [-0.2, -0.15) is 5.10 Å². The standard InChI is InChI=1S/C19H21N5O3S/c1-18(2)11-8-9-19(18,3)16-15(11)22-23-17(21-16)28-10-14(25)20-12-6-4-5-7-13(12)24(26)27/h4-7,11H,8-10H2,1-3H3,(H,20,25)/t11-,19-/m0/s1. The second kappa shape index (κ2) is 6.51. The molecule has 0 unspecified atom stereocenters. The number of carbonyl (C=O) groups excluding carboxylic acids is 1. The molecule has 1 heterocycles. The van der Waals surface area contributed by atoms with E-state index >= 15 is 0 Å². The fourth-order valence-corrected chi connectivity index (χ4v) is 5.07. The number of carbonyl (C=O) groups is 1. The van der Waals surface area contributed by atoms with E-state index in [4.69, 9.17) is 4.98 Å². The van der Waals surface area contributed by atoms with Crippen LogP contribution in [-0.4, -0.2) is 31.8 Å². The number of amides is 1. The van der Waals surface area contributed by atoms with Crippen molar-refractivity contribution in [2.24, 2.45) is 5.41 Å². The molecule has 2 atom stereocenters. The SMILES string of the molecule is CC1(C)[C@H]2CC[C@@]1(C)c1nc(SCC(=O)Nc3ccccc3[N+](=O)[O-])nnc12. The van der Waals surface area contributed by atoms with Crippen LogP contribution in [0.2, 0.25) is 0 Å². The van der Waals surface area contributed by atoms with Gasteiger partial charge >= 0.3 is 0 Å². The van der Waals surface area contributed by atoms with Crippen LogP contribution in [-0.2, 0) is 10.2 Å². The molecule has 0 aliphatic heterocycles. The number of aromatic nitrogens is 3. The zero-order valence-electron chi connectivity index (χ0n) is 15.9. The van der Waals surface area contributed by atoms with Crippen LogP contribution in [0.5, 0.6) is 0 Å². The molecule has 9 heteroatoms. The predicted molar refractivity (Wildman–Crippen MR) is 105 cm³/mol. The number of fused-ring (bicyclic) bond motifs is 5. The average Bonchev–Trinajstić information content (AvgIpc) is 2.99. The average molecular weight is 399 g/mol. The van der Waals surface area contributed by atoms with Gasteiger partial charge in [0, 0.05) is 17.4 Å². The summed E-state index contributed by atoms with van der Waals surface area (Å²) in [5.74, 6) is 0.0840. The second-order valence-electron chi connectivity index (χ2n) is 8.08. The quantitative estimate of drug-likeness (QED) is 0.464. The third-order valence-corrected chi connectivity index (χ3v) is 7.32. The summed E-state index contributed by atoms with van der Waals surface area (Å²) in [5, 5.41) is 22.7. The number of nitro groups is 1. The van der Waals surface area contributed by atoms with Crippen LogP contribution in [0, 0.1) is 15.5 Å². The van der Waals surface area contributed by atoms with Crippen molar-refractivity contribution in [2.75, 3.05) is 11.1 Å². The molecule has 1 N–H and O–H groups in total. The van der Waals surface area contributed by atoms with Gasteiger partial charge in [0.15, 0.2) is 0 Å². The topological polar surface area (TPSA) is 111 Å². The first kappa shape index (κ1) is 18.8. The molecule has 2 aliphatic carbocycles. The van der Waals surface area contributed by atoms with Crippen LogP contribution in [0.1, 0.15) is 50.9 Å². The highest BCUT2D eigenvalue weighted by Gasteiger charge is 2.61. The van der Waals surface area contributed by atoms with E-state index in [0.717, 1.165) is 24.2 Å². The Hall–Kier alpha value is -2.55. The molecule has 2 aromatic rings. The molecular weight excluding hydrogens is 378 g/mol. The predicted octanol–water partition coefficient (Wildman–Crippen LogP) is 3.69. The van der Waals surface area contributed by atoms with Crippen molar-refractivity contribution in [2.45, 2.75) is 50.1 Å². The Labute approximate surface area is 166 Å². The number of hydrogen-bond donors (Lipinski definition) is 1. The lowest BCUT2D eigenvalue weighted by Gasteiger charge is -2.33. The fraction of sp³-hybridized carbons (Fsp3) is 0.474. The van der Waals surface area contributed by atoms with E-state index < -0.39 is 4.92 Å². The van der Waals surface area contributed by atoms with Gasteiger partial charge in [-0.25, -0.2) is 4.98 Å². The molecule has 8 nitrogen and oxygen atoms in total. The van der Waals surface area contributed by atoms with Crippen molar-refractivity contribution < 1.29 is 9.72 Å². The number of rotatable bonds is 5. The van der Waals surface area contributed by atoms with Crippen LogP contribution in [0.15, 0.2) is 29.4 Å². The highest BCUT2D eigenvalue weighted by molar-refractivity contribution is 7.99. The molecule has 0 radical (unpaired) electrons. The smallest absolute Gasteiger partial charge is 0.292 e. The molecule has 2 bridgehead atoms. The molecule has 146 valence electrons. The number of hydrogen-bond acceptors (Lipinski definition) is 7. The number of nitro benzene ring substituents is 1. The first-order chi connectivity index (χ1) is 13.2. The zero-order chi connectivity index (χ0) is 20.1. The largest absolute Gasteiger partial charge is 0.320 e. The molecule has 1 saturated carbocycles. The molecule has 28 heavy (non-hydrogen) atoms. The van der Waals surface area contributed by atoms with Crippen molar-refractivity contribution in [1.29, 1.82) is 0 Å². The van der Waals surface area contributed by atoms with E-state index in [9.17, 15) is 14.9 Å². The Morgan fingerprint density at radius 3 is 2.82 bits per heavy atom. The minimum Gasteiger partial charge on any atom is -0.320 e. The number of nitrogens with zero attached hydrogens (tertiary/aromatic N) is 4. The molecule has 1 aromatic heterocycles. The fourth-order valence-electron chi connectivity index (χ4n) is 4.48. The maximum Gasteiger partial charge on any atom is 0.292 e. The minimum absolute atomic E-state index is 0.0227. The molecular formula is C19H21N5O3S. The first-order valence-corrected chi connectivity index (χ1v) is 10.1. The number of benzene rings is 1. The third kappa shape index (κ3) is 2.76. The van der Waals surface area contributed by atoms with Crippen molar-refractivity contribution in [3.63, 3.8) is 0 Å². The van der Waals surface area contributed by atoms with Gasteiger partial charge in [-0.1, -0.05) is 44.7 Å². The lowest BCUT2D eigenvalue weighted by atomic mass is 9.70. The normalized spacial score (nSPS) is 24.0. The van der Waals surface area contributed by atoms with Crippen molar-refractivity contribution in [3.05, 3.63) is 45.8 Å². The summed E-state index contributed by atoms with van der Waals surface area (Å²) < 4.78 is 0. The highest BCUT2D eigenvalue weighted by atomic mass is 32.2. The Balaban J connectivity index is 1.46. The molecule has 4 rings (SSSR count). The first-order valence-electron chi connectivity index (χ1n) is 9.15. The van der Waals surface area contributed by atoms with Gasteiger partial charge in [-0.15, -0.1) is 5.10 Å². The van der Waals surface area contributed by atoms with Crippen molar-refractivity contribution >= 4 is 29.0 Å². The van der Waals surface area contributed by atoms with Gasteiger partial charge in [-0.05, 0) is 24.3 Å². The Kier molecular flexibility index (Phi) is 4.37. The van der Waals surface area contributed by atoms with Gasteiger partial charge in [0.25, 0.3) is 5.69 Å². The molecule has 1 aromatic carbocycles. The molecule has 0 saturated heterocycles. The Morgan fingerprint density at radius 1 is 1.32 bits per heavy atom. The molecule has 0 spiro atoms. The van der Waals surface area contributed by atoms with Gasteiger partial charge in [0.2, 0.25) is 11.1 Å². The Morgan fingerprint density at radius 2 is 2.07 bits per heavy atom. The van der Waals surface area contributed by atoms with Crippen molar-refractivity contribution in [3.8, 4) is 0 Å². The number of anilines is 1. The monoisotopic (exact) mass is 399 g/mol. The summed E-state index contributed by atoms with van der Waals surface area (Å²) in [6, 6.07) is 6.06. The molecule has 1 fully saturated rings. The summed E-state index contributed by atoms with van der Waals surface area (Å²) in [7, 11) is 0. The number of nitrogens with one attached hydrogen (secondary N) is 1. The lowest BCUT2D eigenvalue weighted by molar-refractivity contribution is -0.383. The summed E-state index contributed by atoms with van der Waals surface area (Å²) >= 11 is 1.19. The van der Waals surface area contributed by atoms with Crippen LogP contribution in [0.25, 0.3) is 0 Å². The Bertz CT molecular complexity index is 980. The molecule has 1 amide bonds. The van der Waals surface area contributed by atoms with Crippen LogP contribution in [0.4, 0.5) is 11.4 Å².